The van der Waals surface area contributed by atoms with Crippen LogP contribution in [-0.4, -0.2) is 21.1 Å². The Morgan fingerprint density at radius 1 is 1.30 bits per heavy atom. The lowest BCUT2D eigenvalue weighted by Crippen LogP contribution is -2.12. The van der Waals surface area contributed by atoms with Gasteiger partial charge in [0.15, 0.2) is 5.69 Å². The molecular weight excluding hydrogens is 276 g/mol. The maximum atomic E-state index is 12.2. The molecule has 0 aliphatic rings. The van der Waals surface area contributed by atoms with Gasteiger partial charge in [0, 0.05) is 5.39 Å². The number of nitrogens with zero attached hydrogens (tertiary/aromatic N) is 2. The molecule has 1 aromatic carbocycles. The predicted octanol–water partition coefficient (Wildman–Crippen LogP) is 3.17. The highest BCUT2D eigenvalue weighted by Gasteiger charge is 2.14. The van der Waals surface area contributed by atoms with Crippen molar-refractivity contribution in [1.82, 2.24) is 15.2 Å². The molecule has 0 spiro atoms. The van der Waals surface area contributed by atoms with Gasteiger partial charge in [0.05, 0.1) is 17.4 Å². The highest BCUT2D eigenvalue weighted by Crippen LogP contribution is 2.19. The van der Waals surface area contributed by atoms with Crippen LogP contribution in [-0.2, 0) is 0 Å². The van der Waals surface area contributed by atoms with Crippen LogP contribution in [0.5, 0.6) is 0 Å². The van der Waals surface area contributed by atoms with E-state index in [0.29, 0.717) is 16.5 Å². The third-order valence-corrected chi connectivity index (χ3v) is 3.14. The fourth-order valence-electron chi connectivity index (χ4n) is 1.94. The van der Waals surface area contributed by atoms with Crippen molar-refractivity contribution < 1.29 is 4.79 Å². The smallest absolute Gasteiger partial charge is 0.276 e. The number of pyridine rings is 1. The average Bonchev–Trinajstić information content (AvgIpc) is 2.84. The standard InChI is InChI=1S/C14H11ClN4O/c1-8-2-4-11-10(6-8)13(19-18-11)14(20)17-9-3-5-12(15)16-7-9/h2-7H,1H3,(H,17,20)(H,18,19). The summed E-state index contributed by atoms with van der Waals surface area (Å²) in [4.78, 5) is 16.1. The molecule has 0 bridgehead atoms. The Morgan fingerprint density at radius 2 is 2.15 bits per heavy atom. The number of carbonyl (C=O) groups excluding carboxylic acids is 1. The zero-order chi connectivity index (χ0) is 14.1. The SMILES string of the molecule is Cc1ccc2[nH]nc(C(=O)Nc3ccc(Cl)nc3)c2c1. The first-order valence-corrected chi connectivity index (χ1v) is 6.39. The van der Waals surface area contributed by atoms with Crippen molar-refractivity contribution in [2.75, 3.05) is 5.32 Å². The molecule has 0 aliphatic heterocycles. The van der Waals surface area contributed by atoms with Crippen molar-refractivity contribution in [2.24, 2.45) is 0 Å². The lowest BCUT2D eigenvalue weighted by Gasteiger charge is -2.03. The fraction of sp³-hybridized carbons (Fsp3) is 0.0714. The number of nitrogens with one attached hydrogen (secondary N) is 2. The number of benzene rings is 1. The maximum absolute atomic E-state index is 12.2. The Morgan fingerprint density at radius 3 is 2.90 bits per heavy atom. The topological polar surface area (TPSA) is 70.7 Å². The van der Waals surface area contributed by atoms with Crippen molar-refractivity contribution in [3.05, 3.63) is 52.9 Å². The molecule has 2 aromatic heterocycles. The minimum absolute atomic E-state index is 0.286. The van der Waals surface area contributed by atoms with Crippen molar-refractivity contribution in [2.45, 2.75) is 6.92 Å². The summed E-state index contributed by atoms with van der Waals surface area (Å²) in [5.41, 5.74) is 2.83. The van der Waals surface area contributed by atoms with Gasteiger partial charge in [-0.05, 0) is 31.2 Å². The first-order chi connectivity index (χ1) is 9.63. The van der Waals surface area contributed by atoms with Crippen molar-refractivity contribution in [1.29, 1.82) is 0 Å². The van der Waals surface area contributed by atoms with E-state index in [1.54, 1.807) is 12.1 Å². The second-order valence-electron chi connectivity index (χ2n) is 4.44. The van der Waals surface area contributed by atoms with E-state index in [-0.39, 0.29) is 5.91 Å². The van der Waals surface area contributed by atoms with Gasteiger partial charge < -0.3 is 5.32 Å². The summed E-state index contributed by atoms with van der Waals surface area (Å²) < 4.78 is 0. The largest absolute Gasteiger partial charge is 0.319 e. The van der Waals surface area contributed by atoms with Crippen LogP contribution < -0.4 is 5.32 Å². The van der Waals surface area contributed by atoms with Gasteiger partial charge >= 0.3 is 0 Å². The molecule has 2 N–H and O–H groups in total. The highest BCUT2D eigenvalue weighted by molar-refractivity contribution is 6.29. The maximum Gasteiger partial charge on any atom is 0.276 e. The van der Waals surface area contributed by atoms with E-state index < -0.39 is 0 Å². The summed E-state index contributed by atoms with van der Waals surface area (Å²) in [6.45, 7) is 1.97. The van der Waals surface area contributed by atoms with Crippen molar-refractivity contribution in [3.8, 4) is 0 Å². The van der Waals surface area contributed by atoms with E-state index in [9.17, 15) is 4.79 Å². The number of rotatable bonds is 2. The Kier molecular flexibility index (Phi) is 3.12. The first kappa shape index (κ1) is 12.6. The number of hydrogen-bond donors (Lipinski definition) is 2. The quantitative estimate of drug-likeness (QED) is 0.711. The van der Waals surface area contributed by atoms with Crippen LogP contribution in [0.15, 0.2) is 36.5 Å². The van der Waals surface area contributed by atoms with Gasteiger partial charge in [0.1, 0.15) is 5.15 Å². The minimum atomic E-state index is -0.286. The number of anilines is 1. The molecule has 0 fully saturated rings. The number of aromatic nitrogens is 3. The van der Waals surface area contributed by atoms with Gasteiger partial charge in [-0.2, -0.15) is 5.10 Å². The average molecular weight is 287 g/mol. The van der Waals surface area contributed by atoms with Crippen LogP contribution >= 0.6 is 11.6 Å². The number of aryl methyl sites for hydroxylation is 1. The molecule has 20 heavy (non-hydrogen) atoms. The number of carbonyl (C=O) groups is 1. The van der Waals surface area contributed by atoms with Gasteiger partial charge in [0.25, 0.3) is 5.91 Å². The molecule has 2 heterocycles. The predicted molar refractivity (Wildman–Crippen MR) is 78.0 cm³/mol. The summed E-state index contributed by atoms with van der Waals surface area (Å²) in [5.74, 6) is -0.286. The second kappa shape index (κ2) is 4.94. The number of hydrogen-bond acceptors (Lipinski definition) is 3. The Labute approximate surface area is 120 Å². The number of amides is 1. The molecule has 6 heteroatoms. The van der Waals surface area contributed by atoms with Gasteiger partial charge in [-0.3, -0.25) is 9.89 Å². The molecule has 0 saturated heterocycles. The van der Waals surface area contributed by atoms with E-state index in [2.05, 4.69) is 20.5 Å². The fourth-order valence-corrected chi connectivity index (χ4v) is 2.05. The van der Waals surface area contributed by atoms with Gasteiger partial charge in [0.2, 0.25) is 0 Å². The Balaban J connectivity index is 1.92. The molecule has 0 radical (unpaired) electrons. The lowest BCUT2D eigenvalue weighted by atomic mass is 10.1. The summed E-state index contributed by atoms with van der Waals surface area (Å²) in [7, 11) is 0. The third-order valence-electron chi connectivity index (χ3n) is 2.92. The Hall–Kier alpha value is -2.40. The second-order valence-corrected chi connectivity index (χ2v) is 4.83. The van der Waals surface area contributed by atoms with E-state index in [1.165, 1.54) is 6.20 Å². The van der Waals surface area contributed by atoms with E-state index in [4.69, 9.17) is 11.6 Å². The van der Waals surface area contributed by atoms with E-state index >= 15 is 0 Å². The summed E-state index contributed by atoms with van der Waals surface area (Å²) in [6, 6.07) is 9.09. The molecular formula is C14H11ClN4O. The number of aromatic amines is 1. The molecule has 5 nitrogen and oxygen atoms in total. The van der Waals surface area contributed by atoms with Gasteiger partial charge in [-0.15, -0.1) is 0 Å². The molecule has 3 rings (SSSR count). The van der Waals surface area contributed by atoms with E-state index in [0.717, 1.165) is 16.5 Å². The molecule has 0 atom stereocenters. The molecule has 0 saturated carbocycles. The van der Waals surface area contributed by atoms with Crippen LogP contribution in [0.4, 0.5) is 5.69 Å². The molecule has 3 aromatic rings. The molecule has 100 valence electrons. The van der Waals surface area contributed by atoms with Gasteiger partial charge in [-0.25, -0.2) is 4.98 Å². The number of halogens is 1. The van der Waals surface area contributed by atoms with Crippen LogP contribution in [0.25, 0.3) is 10.9 Å². The monoisotopic (exact) mass is 286 g/mol. The van der Waals surface area contributed by atoms with Crippen LogP contribution in [0.1, 0.15) is 16.1 Å². The third kappa shape index (κ3) is 2.35. The summed E-state index contributed by atoms with van der Waals surface area (Å²) in [5, 5.41) is 10.8. The normalized spacial score (nSPS) is 10.7. The number of H-pyrrole nitrogens is 1. The minimum Gasteiger partial charge on any atom is -0.319 e. The van der Waals surface area contributed by atoms with Crippen molar-refractivity contribution in [3.63, 3.8) is 0 Å². The molecule has 0 unspecified atom stereocenters. The summed E-state index contributed by atoms with van der Waals surface area (Å²) >= 11 is 5.70. The Bertz CT molecular complexity index is 779. The highest BCUT2D eigenvalue weighted by atomic mass is 35.5. The first-order valence-electron chi connectivity index (χ1n) is 6.01. The van der Waals surface area contributed by atoms with Crippen LogP contribution in [0, 0.1) is 6.92 Å². The lowest BCUT2D eigenvalue weighted by molar-refractivity contribution is 0.102. The number of fused-ring (bicyclic) bond motifs is 1. The zero-order valence-electron chi connectivity index (χ0n) is 10.6. The van der Waals surface area contributed by atoms with Crippen LogP contribution in [0.3, 0.4) is 0 Å². The van der Waals surface area contributed by atoms with Crippen LogP contribution in [0.2, 0.25) is 5.15 Å². The van der Waals surface area contributed by atoms with E-state index in [1.807, 2.05) is 25.1 Å². The molecule has 0 aliphatic carbocycles. The van der Waals surface area contributed by atoms with Crippen molar-refractivity contribution >= 4 is 34.1 Å². The zero-order valence-corrected chi connectivity index (χ0v) is 11.4. The summed E-state index contributed by atoms with van der Waals surface area (Å²) in [6.07, 6.45) is 1.50. The van der Waals surface area contributed by atoms with Gasteiger partial charge in [-0.1, -0.05) is 23.2 Å². The molecule has 1 amide bonds.